The number of alkyl halides is 3. The van der Waals surface area contributed by atoms with Gasteiger partial charge in [0.2, 0.25) is 5.91 Å². The molecule has 0 saturated carbocycles. The molecule has 11 heteroatoms. The Kier molecular flexibility index (Phi) is 6.39. The van der Waals surface area contributed by atoms with Crippen LogP contribution < -0.4 is 10.2 Å². The normalized spacial score (nSPS) is 16.4. The monoisotopic (exact) mass is 457 g/mol. The van der Waals surface area contributed by atoms with Crippen molar-refractivity contribution in [2.75, 3.05) is 38.3 Å². The maximum absolute atomic E-state index is 13.7. The number of piperidine rings is 1. The van der Waals surface area contributed by atoms with E-state index in [-0.39, 0.29) is 22.1 Å². The van der Waals surface area contributed by atoms with Crippen molar-refractivity contribution in [2.45, 2.75) is 32.9 Å². The molecule has 1 saturated heterocycles. The SMILES string of the molecule is COCCNC(=O)C1(C)CCN(c2c(C#N)c(C(F)(F)F)nc3c(Cl)c(C)[nH]c23)CC1. The van der Waals surface area contributed by atoms with E-state index < -0.39 is 22.8 Å². The summed E-state index contributed by atoms with van der Waals surface area (Å²) in [5, 5.41) is 12.5. The van der Waals surface area contributed by atoms with Crippen molar-refractivity contribution in [3.63, 3.8) is 0 Å². The van der Waals surface area contributed by atoms with Crippen LogP contribution in [0.4, 0.5) is 18.9 Å². The summed E-state index contributed by atoms with van der Waals surface area (Å²) < 4.78 is 46.0. The standard InChI is InChI=1S/C20H23ClF3N5O2/c1-11-13(21)14-15(27-11)16(12(10-25)17(28-14)20(22,23)24)29-7-4-19(2,5-8-29)18(30)26-6-9-31-3/h27H,4-9H2,1-3H3,(H,26,30). The number of hydrogen-bond donors (Lipinski definition) is 2. The number of H-pyrrole nitrogens is 1. The number of carbonyl (C=O) groups excluding carboxylic acids is 1. The van der Waals surface area contributed by atoms with Crippen molar-refractivity contribution < 1.29 is 22.7 Å². The number of pyridine rings is 1. The van der Waals surface area contributed by atoms with E-state index in [1.165, 1.54) is 0 Å². The zero-order valence-corrected chi connectivity index (χ0v) is 18.2. The van der Waals surface area contributed by atoms with E-state index >= 15 is 0 Å². The van der Waals surface area contributed by atoms with Crippen LogP contribution in [0.1, 0.15) is 36.7 Å². The molecular formula is C20H23ClF3N5O2. The molecule has 0 spiro atoms. The number of amides is 1. The molecule has 1 amide bonds. The van der Waals surface area contributed by atoms with Crippen molar-refractivity contribution in [1.29, 1.82) is 5.26 Å². The van der Waals surface area contributed by atoms with Gasteiger partial charge in [0.05, 0.1) is 22.8 Å². The number of nitrogens with one attached hydrogen (secondary N) is 2. The van der Waals surface area contributed by atoms with Crippen LogP contribution in [0.2, 0.25) is 5.02 Å². The van der Waals surface area contributed by atoms with Gasteiger partial charge in [-0.15, -0.1) is 0 Å². The van der Waals surface area contributed by atoms with E-state index in [1.54, 1.807) is 25.0 Å². The lowest BCUT2D eigenvalue weighted by Gasteiger charge is -2.39. The molecule has 0 radical (unpaired) electrons. The summed E-state index contributed by atoms with van der Waals surface area (Å²) >= 11 is 6.19. The number of aryl methyl sites for hydroxylation is 1. The molecule has 1 aliphatic heterocycles. The summed E-state index contributed by atoms with van der Waals surface area (Å²) in [4.78, 5) is 20.9. The van der Waals surface area contributed by atoms with E-state index in [0.29, 0.717) is 50.3 Å². The Labute approximate surface area is 182 Å². The minimum absolute atomic E-state index is 0.0221. The highest BCUT2D eigenvalue weighted by Crippen LogP contribution is 2.43. The van der Waals surface area contributed by atoms with Gasteiger partial charge in [-0.25, -0.2) is 4.98 Å². The van der Waals surface area contributed by atoms with Crippen molar-refractivity contribution in [1.82, 2.24) is 15.3 Å². The second-order valence-electron chi connectivity index (χ2n) is 7.88. The van der Waals surface area contributed by atoms with Crippen LogP contribution in [-0.4, -0.2) is 49.2 Å². The van der Waals surface area contributed by atoms with Gasteiger partial charge in [-0.3, -0.25) is 4.79 Å². The number of aromatic nitrogens is 2. The van der Waals surface area contributed by atoms with Gasteiger partial charge in [-0.05, 0) is 19.8 Å². The molecule has 0 bridgehead atoms. The summed E-state index contributed by atoms with van der Waals surface area (Å²) in [6.45, 7) is 4.83. The molecule has 0 aliphatic carbocycles. The highest BCUT2D eigenvalue weighted by molar-refractivity contribution is 6.36. The summed E-state index contributed by atoms with van der Waals surface area (Å²) in [5.41, 5.74) is -1.62. The number of nitrogens with zero attached hydrogens (tertiary/aromatic N) is 3. The number of carbonyl (C=O) groups is 1. The van der Waals surface area contributed by atoms with E-state index in [1.807, 2.05) is 6.92 Å². The number of ether oxygens (including phenoxy) is 1. The number of hydrogen-bond acceptors (Lipinski definition) is 5. The fourth-order valence-electron chi connectivity index (χ4n) is 3.83. The van der Waals surface area contributed by atoms with Gasteiger partial charge in [0.15, 0.2) is 5.69 Å². The summed E-state index contributed by atoms with van der Waals surface area (Å²) in [6, 6.07) is 1.69. The van der Waals surface area contributed by atoms with Gasteiger partial charge < -0.3 is 19.9 Å². The summed E-state index contributed by atoms with van der Waals surface area (Å²) in [5.74, 6) is -0.126. The van der Waals surface area contributed by atoms with Gasteiger partial charge >= 0.3 is 6.18 Å². The Morgan fingerprint density at radius 3 is 2.61 bits per heavy atom. The lowest BCUT2D eigenvalue weighted by molar-refractivity contribution is -0.141. The zero-order valence-electron chi connectivity index (χ0n) is 17.4. The molecular weight excluding hydrogens is 435 g/mol. The smallest absolute Gasteiger partial charge is 0.383 e. The number of halogens is 4. The molecule has 1 aliphatic rings. The van der Waals surface area contributed by atoms with Crippen molar-refractivity contribution >= 4 is 34.2 Å². The van der Waals surface area contributed by atoms with Gasteiger partial charge in [-0.2, -0.15) is 18.4 Å². The van der Waals surface area contributed by atoms with Crippen LogP contribution in [0.15, 0.2) is 0 Å². The Bertz CT molecular complexity index is 1040. The molecule has 168 valence electrons. The predicted octanol–water partition coefficient (Wildman–Crippen LogP) is 3.78. The van der Waals surface area contributed by atoms with Gasteiger partial charge in [0.1, 0.15) is 17.1 Å². The average Bonchev–Trinajstić information content (AvgIpc) is 3.00. The number of fused-ring (bicyclic) bond motifs is 1. The largest absolute Gasteiger partial charge is 0.434 e. The molecule has 31 heavy (non-hydrogen) atoms. The lowest BCUT2D eigenvalue weighted by atomic mass is 9.79. The van der Waals surface area contributed by atoms with E-state index in [9.17, 15) is 23.2 Å². The van der Waals surface area contributed by atoms with Gasteiger partial charge in [0, 0.05) is 37.9 Å². The number of anilines is 1. The second-order valence-corrected chi connectivity index (χ2v) is 8.26. The molecule has 3 heterocycles. The summed E-state index contributed by atoms with van der Waals surface area (Å²) in [6.07, 6.45) is -3.99. The Morgan fingerprint density at radius 1 is 1.42 bits per heavy atom. The van der Waals surface area contributed by atoms with Crippen molar-refractivity contribution in [2.24, 2.45) is 5.41 Å². The summed E-state index contributed by atoms with van der Waals surface area (Å²) in [7, 11) is 1.54. The van der Waals surface area contributed by atoms with Crippen molar-refractivity contribution in [3.8, 4) is 6.07 Å². The van der Waals surface area contributed by atoms with Gasteiger partial charge in [0.25, 0.3) is 0 Å². The van der Waals surface area contributed by atoms with E-state index in [4.69, 9.17) is 16.3 Å². The molecule has 0 unspecified atom stereocenters. The first kappa shape index (κ1) is 23.2. The van der Waals surface area contributed by atoms with Gasteiger partial charge in [-0.1, -0.05) is 18.5 Å². The van der Waals surface area contributed by atoms with Crippen LogP contribution >= 0.6 is 11.6 Å². The minimum Gasteiger partial charge on any atom is -0.383 e. The second kappa shape index (κ2) is 8.55. The third-order valence-corrected chi connectivity index (χ3v) is 6.19. The molecule has 1 fully saturated rings. The fourth-order valence-corrected chi connectivity index (χ4v) is 4.01. The molecule has 0 atom stereocenters. The molecule has 2 N–H and O–H groups in total. The van der Waals surface area contributed by atoms with E-state index in [2.05, 4.69) is 15.3 Å². The third kappa shape index (κ3) is 4.29. The zero-order chi connectivity index (χ0) is 23.0. The van der Waals surface area contributed by atoms with Crippen LogP contribution in [-0.2, 0) is 15.7 Å². The Hall–Kier alpha value is -2.51. The third-order valence-electron chi connectivity index (χ3n) is 5.72. The average molecular weight is 458 g/mol. The molecule has 2 aromatic rings. The highest BCUT2D eigenvalue weighted by atomic mass is 35.5. The first-order valence-corrected chi connectivity index (χ1v) is 10.1. The van der Waals surface area contributed by atoms with Crippen LogP contribution in [0.25, 0.3) is 11.0 Å². The Morgan fingerprint density at radius 2 is 2.06 bits per heavy atom. The van der Waals surface area contributed by atoms with E-state index in [0.717, 1.165) is 0 Å². The van der Waals surface area contributed by atoms with Crippen LogP contribution in [0, 0.1) is 23.7 Å². The number of methoxy groups -OCH3 is 1. The Balaban J connectivity index is 1.99. The molecule has 3 rings (SSSR count). The topological polar surface area (TPSA) is 94.0 Å². The molecule has 0 aromatic carbocycles. The maximum atomic E-state index is 13.7. The predicted molar refractivity (Wildman–Crippen MR) is 110 cm³/mol. The molecule has 7 nitrogen and oxygen atoms in total. The number of aromatic amines is 1. The fraction of sp³-hybridized carbons (Fsp3) is 0.550. The van der Waals surface area contributed by atoms with Crippen LogP contribution in [0.5, 0.6) is 0 Å². The van der Waals surface area contributed by atoms with Crippen LogP contribution in [0.3, 0.4) is 0 Å². The highest BCUT2D eigenvalue weighted by Gasteiger charge is 2.42. The first-order valence-electron chi connectivity index (χ1n) is 9.74. The first-order chi connectivity index (χ1) is 14.5. The maximum Gasteiger partial charge on any atom is 0.434 e. The lowest BCUT2D eigenvalue weighted by Crippen LogP contribution is -2.48. The molecule has 2 aromatic heterocycles. The minimum atomic E-state index is -4.81. The quantitative estimate of drug-likeness (QED) is 0.666. The number of nitriles is 1. The number of rotatable bonds is 5. The van der Waals surface area contributed by atoms with Crippen molar-refractivity contribution in [3.05, 3.63) is 22.0 Å².